The number of hydrogen-bond acceptors (Lipinski definition) is 10. The quantitative estimate of drug-likeness (QED) is 0.181. The molecule has 3 aromatic heterocycles. The molecular formula is C14H7FN5Na2O5PS. The predicted octanol–water partition coefficient (Wildman–Crippen LogP) is -5.22. The number of hydrogen-bond donors (Lipinski definition) is 1. The van der Waals surface area contributed by atoms with Crippen LogP contribution in [0.5, 0.6) is 0 Å². The molecule has 0 spiro atoms. The Labute approximate surface area is 210 Å². The van der Waals surface area contributed by atoms with Crippen LogP contribution in [-0.4, -0.2) is 25.3 Å². The van der Waals surface area contributed by atoms with E-state index in [1.807, 2.05) is 0 Å². The molecule has 0 saturated heterocycles. The van der Waals surface area contributed by atoms with Crippen molar-refractivity contribution in [2.75, 3.05) is 5.73 Å². The fourth-order valence-electron chi connectivity index (χ4n) is 2.53. The summed E-state index contributed by atoms with van der Waals surface area (Å²) < 4.78 is 30.8. The van der Waals surface area contributed by atoms with Crippen molar-refractivity contribution in [1.82, 2.24) is 19.5 Å². The fourth-order valence-corrected chi connectivity index (χ4v) is 3.98. The molecule has 0 amide bonds. The van der Waals surface area contributed by atoms with Gasteiger partial charge < -0.3 is 28.8 Å². The molecule has 0 atom stereocenters. The van der Waals surface area contributed by atoms with Crippen molar-refractivity contribution in [3.8, 4) is 11.6 Å². The molecule has 0 aliphatic heterocycles. The summed E-state index contributed by atoms with van der Waals surface area (Å²) in [4.78, 5) is 39.8. The van der Waals surface area contributed by atoms with Gasteiger partial charge in [0.2, 0.25) is 5.78 Å². The molecule has 0 radical (unpaired) electrons. The van der Waals surface area contributed by atoms with Gasteiger partial charge in [-0.05, 0) is 6.07 Å². The predicted molar refractivity (Wildman–Crippen MR) is 88.2 cm³/mol. The van der Waals surface area contributed by atoms with Crippen LogP contribution in [-0.2, 0) is 4.57 Å². The summed E-state index contributed by atoms with van der Waals surface area (Å²) in [6.07, 6.45) is 0.794. The second-order valence-corrected chi connectivity index (χ2v) is 7.53. The first kappa shape index (κ1) is 24.4. The van der Waals surface area contributed by atoms with Gasteiger partial charge in [-0.1, -0.05) is 17.2 Å². The van der Waals surface area contributed by atoms with Gasteiger partial charge >= 0.3 is 65.1 Å². The maximum absolute atomic E-state index is 14.1. The zero-order valence-electron chi connectivity index (χ0n) is 15.0. The minimum atomic E-state index is -5.38. The summed E-state index contributed by atoms with van der Waals surface area (Å²) in [5.74, 6) is -1.64. The van der Waals surface area contributed by atoms with Crippen LogP contribution in [0, 0.1) is 5.82 Å². The molecule has 3 heterocycles. The molecule has 4 rings (SSSR count). The van der Waals surface area contributed by atoms with Crippen LogP contribution in [0.3, 0.4) is 0 Å². The number of carbonyl (C=O) groups excluding carboxylic acids is 1. The summed E-state index contributed by atoms with van der Waals surface area (Å²) >= 11 is 0.929. The van der Waals surface area contributed by atoms with Crippen LogP contribution in [0.2, 0.25) is 0 Å². The second-order valence-electron chi connectivity index (χ2n) is 5.30. The summed E-state index contributed by atoms with van der Waals surface area (Å²) in [7, 11) is -5.38. The Balaban J connectivity index is 0.00000150. The van der Waals surface area contributed by atoms with Crippen LogP contribution in [0.25, 0.3) is 22.5 Å². The second kappa shape index (κ2) is 9.06. The smallest absolute Gasteiger partial charge is 0.795 e. The Bertz CT molecular complexity index is 1250. The Morgan fingerprint density at radius 3 is 2.62 bits per heavy atom. The number of nitrogen functional groups attached to an aromatic ring is 1. The third-order valence-corrected chi connectivity index (χ3v) is 5.31. The molecule has 0 bridgehead atoms. The van der Waals surface area contributed by atoms with Crippen LogP contribution in [0.15, 0.2) is 34.2 Å². The Morgan fingerprint density at radius 1 is 1.28 bits per heavy atom. The molecule has 4 aromatic rings. The molecule has 2 N–H and O–H groups in total. The van der Waals surface area contributed by atoms with Gasteiger partial charge in [0.15, 0.2) is 5.01 Å². The van der Waals surface area contributed by atoms with Crippen molar-refractivity contribution < 1.29 is 87.1 Å². The Morgan fingerprint density at radius 2 is 2.00 bits per heavy atom. The van der Waals surface area contributed by atoms with Gasteiger partial charge in [-0.25, -0.2) is 9.37 Å². The van der Waals surface area contributed by atoms with Crippen LogP contribution in [0.4, 0.5) is 10.4 Å². The van der Waals surface area contributed by atoms with Gasteiger partial charge in [0.25, 0.3) is 5.89 Å². The molecule has 10 nitrogen and oxygen atoms in total. The number of nitrogens with two attached hydrogens (primary N) is 1. The zero-order valence-corrected chi connectivity index (χ0v) is 20.7. The molecule has 0 saturated carbocycles. The van der Waals surface area contributed by atoms with Gasteiger partial charge in [0.05, 0.1) is 11.1 Å². The van der Waals surface area contributed by atoms with E-state index in [4.69, 9.17) is 10.2 Å². The van der Waals surface area contributed by atoms with Gasteiger partial charge in [0.1, 0.15) is 11.5 Å². The molecule has 15 heteroatoms. The van der Waals surface area contributed by atoms with Gasteiger partial charge in [0, 0.05) is 24.7 Å². The normalized spacial score (nSPS) is 11.1. The number of rotatable bonds is 4. The number of thiazole rings is 1. The molecule has 0 aliphatic carbocycles. The number of aromatic nitrogens is 4. The minimum absolute atomic E-state index is 0. The summed E-state index contributed by atoms with van der Waals surface area (Å²) in [6.45, 7) is 0. The number of benzene rings is 1. The monoisotopic (exact) mass is 453 g/mol. The minimum Gasteiger partial charge on any atom is -0.795 e. The van der Waals surface area contributed by atoms with E-state index in [0.717, 1.165) is 23.6 Å². The first-order valence-electron chi connectivity index (χ1n) is 7.18. The van der Waals surface area contributed by atoms with E-state index in [0.29, 0.717) is 0 Å². The number of halogens is 1. The fraction of sp³-hybridized carbons (Fsp3) is 0. The number of para-hydroxylation sites is 1. The van der Waals surface area contributed by atoms with Crippen molar-refractivity contribution in [3.63, 3.8) is 0 Å². The standard InChI is InChI=1S/C14H9FN5O5PS.2Na/c15-8-3-1-2-6-7(4-20(10(6)8)26(22,23)24)11(21)13-17-9(5-27-13)12-18-19-14(16)25-12;;/h1-5H,(H2,16,19)(H2,22,23,24);;/q;2*+1/p-2. The number of carbonyl (C=O) groups is 1. The summed E-state index contributed by atoms with van der Waals surface area (Å²) in [6, 6.07) is 3.45. The van der Waals surface area contributed by atoms with Crippen molar-refractivity contribution in [3.05, 3.63) is 46.2 Å². The van der Waals surface area contributed by atoms with E-state index in [-0.39, 0.29) is 97.0 Å². The third kappa shape index (κ3) is 4.57. The largest absolute Gasteiger partial charge is 1.00 e. The number of fused-ring (bicyclic) bond motifs is 1. The maximum atomic E-state index is 14.1. The molecule has 1 aromatic carbocycles. The van der Waals surface area contributed by atoms with Gasteiger partial charge in [-0.2, -0.15) is 0 Å². The van der Waals surface area contributed by atoms with E-state index >= 15 is 0 Å². The Kier molecular flexibility index (Phi) is 7.61. The molecule has 0 fully saturated rings. The van der Waals surface area contributed by atoms with Crippen molar-refractivity contribution in [2.45, 2.75) is 0 Å². The van der Waals surface area contributed by atoms with E-state index in [1.165, 1.54) is 17.5 Å². The number of nitrogens with zero attached hydrogens (tertiary/aromatic N) is 4. The average molecular weight is 453 g/mol. The van der Waals surface area contributed by atoms with E-state index in [2.05, 4.69) is 15.2 Å². The molecule has 138 valence electrons. The molecule has 0 unspecified atom stereocenters. The number of anilines is 1. The van der Waals surface area contributed by atoms with Crippen molar-refractivity contribution in [2.24, 2.45) is 0 Å². The molecule has 0 aliphatic rings. The zero-order chi connectivity index (χ0) is 19.3. The van der Waals surface area contributed by atoms with E-state index in [1.54, 1.807) is 0 Å². The first-order valence-corrected chi connectivity index (χ1v) is 9.55. The number of ketones is 1. The van der Waals surface area contributed by atoms with Crippen molar-refractivity contribution in [1.29, 1.82) is 0 Å². The first-order chi connectivity index (χ1) is 12.8. The van der Waals surface area contributed by atoms with Crippen molar-refractivity contribution >= 4 is 41.8 Å². The van der Waals surface area contributed by atoms with E-state index in [9.17, 15) is 23.5 Å². The Hall–Kier alpha value is -0.920. The van der Waals surface area contributed by atoms with Gasteiger partial charge in [-0.15, -0.1) is 16.4 Å². The van der Waals surface area contributed by atoms with Crippen LogP contribution < -0.4 is 74.6 Å². The topological polar surface area (TPSA) is 163 Å². The van der Waals surface area contributed by atoms with Crippen LogP contribution in [0.1, 0.15) is 15.4 Å². The summed E-state index contributed by atoms with van der Waals surface area (Å²) in [5.41, 5.74) is 4.86. The van der Waals surface area contributed by atoms with Gasteiger partial charge in [-0.3, -0.25) is 4.79 Å². The van der Waals surface area contributed by atoms with Crippen LogP contribution >= 0.6 is 19.1 Å². The summed E-state index contributed by atoms with van der Waals surface area (Å²) in [5, 5.41) is 8.53. The van der Waals surface area contributed by atoms with E-state index < -0.39 is 24.9 Å². The molecular weight excluding hydrogens is 446 g/mol. The average Bonchev–Trinajstić information content (AvgIpc) is 3.31. The maximum Gasteiger partial charge on any atom is 1.00 e. The SMILES string of the molecule is Nc1nnc(-c2csc(C(=O)c3cn(P(=O)([O-])[O-])c4c(F)cccc34)n2)o1.[Na+].[Na+]. The third-order valence-electron chi connectivity index (χ3n) is 3.62. The molecule has 29 heavy (non-hydrogen) atoms.